The fourth-order valence-electron chi connectivity index (χ4n) is 3.67. The molecular weight excluding hydrogens is 363 g/mol. The van der Waals surface area contributed by atoms with E-state index in [4.69, 9.17) is 4.52 Å². The number of nitrogens with one attached hydrogen (secondary N) is 2. The Morgan fingerprint density at radius 3 is 2.86 bits per heavy atom. The molecular formula is C20H21FN4O3. The molecule has 2 amide bonds. The van der Waals surface area contributed by atoms with E-state index in [0.717, 1.165) is 29.5 Å². The van der Waals surface area contributed by atoms with Gasteiger partial charge in [0.15, 0.2) is 5.58 Å². The molecule has 1 unspecified atom stereocenters. The van der Waals surface area contributed by atoms with Crippen molar-refractivity contribution in [2.75, 3.05) is 13.1 Å². The first-order valence-corrected chi connectivity index (χ1v) is 9.30. The highest BCUT2D eigenvalue weighted by atomic mass is 19.1. The van der Waals surface area contributed by atoms with Crippen LogP contribution in [0.4, 0.5) is 9.18 Å². The van der Waals surface area contributed by atoms with Gasteiger partial charge in [0, 0.05) is 42.7 Å². The summed E-state index contributed by atoms with van der Waals surface area (Å²) in [6, 6.07) is 7.28. The third-order valence-electron chi connectivity index (χ3n) is 5.27. The number of H-pyrrole nitrogens is 1. The van der Waals surface area contributed by atoms with E-state index >= 15 is 0 Å². The average molecular weight is 384 g/mol. The molecule has 3 heterocycles. The number of nitrogens with zero attached hydrogens (tertiary/aromatic N) is 2. The number of halogens is 1. The Labute approximate surface area is 160 Å². The van der Waals surface area contributed by atoms with Gasteiger partial charge in [-0.25, -0.2) is 9.18 Å². The van der Waals surface area contributed by atoms with Crippen LogP contribution in [0.15, 0.2) is 45.8 Å². The normalized spacial score (nSPS) is 16.3. The number of piperidine rings is 1. The number of hydrogen-bond acceptors (Lipinski definition) is 4. The molecule has 4 rings (SSSR count). The smallest absolute Gasteiger partial charge is 0.317 e. The van der Waals surface area contributed by atoms with Crippen LogP contribution in [0.1, 0.15) is 43.0 Å². The standard InChI is InChI=1S/C20H21FN4O3/c1-12(14-4-7-22-18(26)10-14)23-20(27)25-8-5-13(6-9-25)19-16-3-2-15(21)11-17(16)28-24-19/h2-4,7,10-13H,5-6,8-9H2,1H3,(H,22,26)(H,23,27). The Morgan fingerprint density at radius 2 is 2.11 bits per heavy atom. The number of likely N-dealkylation sites (tertiary alicyclic amines) is 1. The lowest BCUT2D eigenvalue weighted by molar-refractivity contribution is 0.177. The molecule has 1 aliphatic heterocycles. The van der Waals surface area contributed by atoms with Crippen molar-refractivity contribution in [1.82, 2.24) is 20.4 Å². The summed E-state index contributed by atoms with van der Waals surface area (Å²) in [6.07, 6.45) is 3.08. The first-order chi connectivity index (χ1) is 13.5. The minimum atomic E-state index is -0.351. The number of fused-ring (bicyclic) bond motifs is 1. The van der Waals surface area contributed by atoms with E-state index < -0.39 is 0 Å². The van der Waals surface area contributed by atoms with Crippen LogP contribution < -0.4 is 10.9 Å². The molecule has 2 N–H and O–H groups in total. The monoisotopic (exact) mass is 384 g/mol. The summed E-state index contributed by atoms with van der Waals surface area (Å²) in [4.78, 5) is 28.3. The molecule has 28 heavy (non-hydrogen) atoms. The van der Waals surface area contributed by atoms with Gasteiger partial charge in [-0.1, -0.05) is 5.16 Å². The van der Waals surface area contributed by atoms with Crippen LogP contribution in [0.5, 0.6) is 0 Å². The highest BCUT2D eigenvalue weighted by Gasteiger charge is 2.28. The number of aromatic amines is 1. The number of carbonyl (C=O) groups is 1. The fraction of sp³-hybridized carbons (Fsp3) is 0.350. The number of aromatic nitrogens is 2. The van der Waals surface area contributed by atoms with E-state index in [1.54, 1.807) is 23.2 Å². The topological polar surface area (TPSA) is 91.2 Å². The molecule has 0 aliphatic carbocycles. The number of urea groups is 1. The van der Waals surface area contributed by atoms with Gasteiger partial charge in [0.05, 0.1) is 11.7 Å². The summed E-state index contributed by atoms with van der Waals surface area (Å²) in [6.45, 7) is 3.03. The van der Waals surface area contributed by atoms with Gasteiger partial charge >= 0.3 is 6.03 Å². The Bertz CT molecular complexity index is 1050. The van der Waals surface area contributed by atoms with Gasteiger partial charge in [-0.2, -0.15) is 0 Å². The van der Waals surface area contributed by atoms with Crippen molar-refractivity contribution < 1.29 is 13.7 Å². The summed E-state index contributed by atoms with van der Waals surface area (Å²) in [7, 11) is 0. The minimum Gasteiger partial charge on any atom is -0.356 e. The fourth-order valence-corrected chi connectivity index (χ4v) is 3.67. The van der Waals surface area contributed by atoms with Gasteiger partial charge in [-0.3, -0.25) is 4.79 Å². The van der Waals surface area contributed by atoms with E-state index in [1.807, 2.05) is 6.92 Å². The molecule has 0 saturated carbocycles. The molecule has 146 valence electrons. The second-order valence-electron chi connectivity index (χ2n) is 7.13. The Balaban J connectivity index is 1.38. The zero-order valence-electron chi connectivity index (χ0n) is 15.4. The number of rotatable bonds is 3. The number of amides is 2. The lowest BCUT2D eigenvalue weighted by atomic mass is 9.92. The summed E-state index contributed by atoms with van der Waals surface area (Å²) in [5.74, 6) is -0.183. The van der Waals surface area contributed by atoms with Crippen LogP contribution in [0.2, 0.25) is 0 Å². The first-order valence-electron chi connectivity index (χ1n) is 9.30. The molecule has 2 aromatic heterocycles. The molecule has 0 bridgehead atoms. The summed E-state index contributed by atoms with van der Waals surface area (Å²) in [5.41, 5.74) is 1.83. The highest BCUT2D eigenvalue weighted by Crippen LogP contribution is 2.32. The number of benzene rings is 1. The quantitative estimate of drug-likeness (QED) is 0.725. The molecule has 0 spiro atoms. The molecule has 7 nitrogen and oxygen atoms in total. The van der Waals surface area contributed by atoms with Crippen molar-refractivity contribution in [2.24, 2.45) is 0 Å². The number of carbonyl (C=O) groups excluding carboxylic acids is 1. The van der Waals surface area contributed by atoms with Gasteiger partial charge < -0.3 is 19.7 Å². The Hall–Kier alpha value is -3.16. The lowest BCUT2D eigenvalue weighted by Crippen LogP contribution is -2.45. The molecule has 8 heteroatoms. The van der Waals surface area contributed by atoms with Gasteiger partial charge in [0.2, 0.25) is 5.56 Å². The second-order valence-corrected chi connectivity index (χ2v) is 7.13. The maximum absolute atomic E-state index is 13.3. The van der Waals surface area contributed by atoms with Gasteiger partial charge in [-0.05, 0) is 43.5 Å². The van der Waals surface area contributed by atoms with Gasteiger partial charge in [-0.15, -0.1) is 0 Å². The van der Waals surface area contributed by atoms with Crippen LogP contribution in [0, 0.1) is 5.82 Å². The van der Waals surface area contributed by atoms with Crippen molar-refractivity contribution in [3.05, 3.63) is 64.0 Å². The molecule has 1 aromatic carbocycles. The summed E-state index contributed by atoms with van der Waals surface area (Å²) >= 11 is 0. The maximum atomic E-state index is 13.3. The maximum Gasteiger partial charge on any atom is 0.317 e. The minimum absolute atomic E-state index is 0.154. The van der Waals surface area contributed by atoms with Crippen LogP contribution in [0.3, 0.4) is 0 Å². The zero-order valence-corrected chi connectivity index (χ0v) is 15.4. The molecule has 1 saturated heterocycles. The van der Waals surface area contributed by atoms with Gasteiger partial charge in [0.1, 0.15) is 5.82 Å². The molecule has 1 fully saturated rings. The van der Waals surface area contributed by atoms with Crippen molar-refractivity contribution in [2.45, 2.75) is 31.7 Å². The van der Waals surface area contributed by atoms with E-state index in [2.05, 4.69) is 15.5 Å². The van der Waals surface area contributed by atoms with E-state index in [-0.39, 0.29) is 29.4 Å². The third-order valence-corrected chi connectivity index (χ3v) is 5.27. The van der Waals surface area contributed by atoms with Crippen molar-refractivity contribution >= 4 is 17.0 Å². The highest BCUT2D eigenvalue weighted by molar-refractivity contribution is 5.80. The average Bonchev–Trinajstić information content (AvgIpc) is 3.11. The SMILES string of the molecule is CC(NC(=O)N1CCC(c2noc3cc(F)ccc23)CC1)c1cc[nH]c(=O)c1. The molecule has 3 aromatic rings. The lowest BCUT2D eigenvalue weighted by Gasteiger charge is -2.32. The summed E-state index contributed by atoms with van der Waals surface area (Å²) < 4.78 is 18.6. The van der Waals surface area contributed by atoms with E-state index in [9.17, 15) is 14.0 Å². The van der Waals surface area contributed by atoms with E-state index in [1.165, 1.54) is 18.2 Å². The second kappa shape index (κ2) is 7.46. The van der Waals surface area contributed by atoms with Crippen LogP contribution in [0.25, 0.3) is 11.0 Å². The molecule has 0 radical (unpaired) electrons. The van der Waals surface area contributed by atoms with Crippen molar-refractivity contribution in [3.63, 3.8) is 0 Å². The largest absolute Gasteiger partial charge is 0.356 e. The first kappa shape index (κ1) is 18.2. The molecule has 1 atom stereocenters. The Morgan fingerprint density at radius 1 is 1.32 bits per heavy atom. The van der Waals surface area contributed by atoms with Crippen LogP contribution in [-0.2, 0) is 0 Å². The zero-order chi connectivity index (χ0) is 19.7. The third kappa shape index (κ3) is 3.62. The Kier molecular flexibility index (Phi) is 4.85. The molecule has 1 aliphatic rings. The van der Waals surface area contributed by atoms with E-state index in [0.29, 0.717) is 18.7 Å². The predicted molar refractivity (Wildman–Crippen MR) is 102 cm³/mol. The predicted octanol–water partition coefficient (Wildman–Crippen LogP) is 3.31. The number of hydrogen-bond donors (Lipinski definition) is 2. The van der Waals surface area contributed by atoms with Crippen LogP contribution in [-0.4, -0.2) is 34.2 Å². The van der Waals surface area contributed by atoms with Crippen molar-refractivity contribution in [3.8, 4) is 0 Å². The van der Waals surface area contributed by atoms with Gasteiger partial charge in [0.25, 0.3) is 0 Å². The van der Waals surface area contributed by atoms with Crippen molar-refractivity contribution in [1.29, 1.82) is 0 Å². The van der Waals surface area contributed by atoms with Crippen LogP contribution >= 0.6 is 0 Å². The number of pyridine rings is 1. The summed E-state index contributed by atoms with van der Waals surface area (Å²) in [5, 5.41) is 7.90.